The van der Waals surface area contributed by atoms with E-state index in [2.05, 4.69) is 0 Å². The monoisotopic (exact) mass is 341 g/mol. The van der Waals surface area contributed by atoms with Crippen molar-refractivity contribution in [2.75, 3.05) is 0 Å². The van der Waals surface area contributed by atoms with E-state index in [-0.39, 0.29) is 11.5 Å². The predicted molar refractivity (Wildman–Crippen MR) is 76.0 cm³/mol. The number of amides is 1. The Morgan fingerprint density at radius 2 is 2.04 bits per heavy atom. The predicted octanol–water partition coefficient (Wildman–Crippen LogP) is 2.47. The minimum Gasteiger partial charge on any atom is -0.469 e. The summed E-state index contributed by atoms with van der Waals surface area (Å²) >= 11 is 0. The second-order valence-corrected chi connectivity index (χ2v) is 7.12. The molecule has 23 heavy (non-hydrogen) atoms. The molecule has 0 unspecified atom stereocenters. The van der Waals surface area contributed by atoms with Gasteiger partial charge >= 0.3 is 0 Å². The summed E-state index contributed by atoms with van der Waals surface area (Å²) in [6.07, 6.45) is 1.91. The van der Waals surface area contributed by atoms with Crippen LogP contribution < -0.4 is 4.72 Å². The first-order valence-corrected chi connectivity index (χ1v) is 8.33. The third-order valence-corrected chi connectivity index (χ3v) is 5.14. The smallest absolute Gasteiger partial charge is 0.267 e. The van der Waals surface area contributed by atoms with Gasteiger partial charge in [0.2, 0.25) is 5.91 Å². The lowest BCUT2D eigenvalue weighted by atomic mass is 10.2. The Morgan fingerprint density at radius 1 is 1.30 bits per heavy atom. The van der Waals surface area contributed by atoms with E-state index in [0.717, 1.165) is 6.07 Å². The van der Waals surface area contributed by atoms with Gasteiger partial charge in [-0.1, -0.05) is 0 Å². The van der Waals surface area contributed by atoms with Crippen LogP contribution in [0.2, 0.25) is 0 Å². The van der Waals surface area contributed by atoms with Crippen LogP contribution in [0.15, 0.2) is 39.8 Å². The first-order chi connectivity index (χ1) is 10.8. The number of benzene rings is 1. The molecule has 122 valence electrons. The standard InChI is InChI=1S/C15H13F2NO4S/c1-8-5-12(17)14(7-11(8)16)23(20,21)18-15(19)10-6-9(10)13-3-2-4-22-13/h2-5,7,9-10H,6H2,1H3,(H,18,19)/t9-,10+/m0/s1. The van der Waals surface area contributed by atoms with Crippen molar-refractivity contribution in [3.8, 4) is 0 Å². The Hall–Kier alpha value is -2.22. The third-order valence-electron chi connectivity index (χ3n) is 3.77. The zero-order valence-electron chi connectivity index (χ0n) is 12.0. The Kier molecular flexibility index (Phi) is 3.71. The highest BCUT2D eigenvalue weighted by atomic mass is 32.2. The Bertz CT molecular complexity index is 862. The Balaban J connectivity index is 1.77. The van der Waals surface area contributed by atoms with Crippen molar-refractivity contribution in [3.05, 3.63) is 53.5 Å². The number of carbonyl (C=O) groups is 1. The number of sulfonamides is 1. The summed E-state index contributed by atoms with van der Waals surface area (Å²) in [7, 11) is -4.47. The van der Waals surface area contributed by atoms with Gasteiger partial charge in [-0.2, -0.15) is 0 Å². The minimum atomic E-state index is -4.47. The zero-order valence-corrected chi connectivity index (χ0v) is 12.9. The van der Waals surface area contributed by atoms with Gasteiger partial charge in [0.05, 0.1) is 6.26 Å². The summed E-state index contributed by atoms with van der Waals surface area (Å²) in [5.41, 5.74) is -0.0205. The SMILES string of the molecule is Cc1cc(F)c(S(=O)(=O)NC(=O)[C@@H]2C[C@@H]2c2ccco2)cc1F. The molecule has 1 aliphatic carbocycles. The number of nitrogens with one attached hydrogen (secondary N) is 1. The summed E-state index contributed by atoms with van der Waals surface area (Å²) in [6, 6.07) is 4.71. The second-order valence-electron chi connectivity index (χ2n) is 5.47. The van der Waals surface area contributed by atoms with Gasteiger partial charge < -0.3 is 4.42 Å². The molecule has 0 spiro atoms. The van der Waals surface area contributed by atoms with Gasteiger partial charge in [0, 0.05) is 11.8 Å². The summed E-state index contributed by atoms with van der Waals surface area (Å²) in [4.78, 5) is 11.1. The maximum Gasteiger partial charge on any atom is 0.267 e. The van der Waals surface area contributed by atoms with Crippen LogP contribution in [0.1, 0.15) is 23.7 Å². The molecule has 1 aromatic heterocycles. The quantitative estimate of drug-likeness (QED) is 0.927. The first-order valence-electron chi connectivity index (χ1n) is 6.85. The number of hydrogen-bond acceptors (Lipinski definition) is 4. The molecule has 1 saturated carbocycles. The van der Waals surface area contributed by atoms with Crippen LogP contribution in [0, 0.1) is 24.5 Å². The zero-order chi connectivity index (χ0) is 16.8. The van der Waals surface area contributed by atoms with Crippen molar-refractivity contribution in [3.63, 3.8) is 0 Å². The minimum absolute atomic E-state index is 0.0205. The van der Waals surface area contributed by atoms with Crippen molar-refractivity contribution >= 4 is 15.9 Å². The van der Waals surface area contributed by atoms with Gasteiger partial charge in [0.1, 0.15) is 22.3 Å². The average molecular weight is 341 g/mol. The summed E-state index contributed by atoms with van der Waals surface area (Å²) in [5, 5.41) is 0. The van der Waals surface area contributed by atoms with Gasteiger partial charge in [-0.15, -0.1) is 0 Å². The van der Waals surface area contributed by atoms with Crippen LogP contribution in [0.4, 0.5) is 8.78 Å². The number of furan rings is 1. The maximum absolute atomic E-state index is 13.8. The molecule has 0 aliphatic heterocycles. The molecule has 1 N–H and O–H groups in total. The molecule has 2 atom stereocenters. The van der Waals surface area contributed by atoms with Crippen LogP contribution in [-0.4, -0.2) is 14.3 Å². The Labute approximate surface area is 131 Å². The summed E-state index contributed by atoms with van der Waals surface area (Å²) in [5.74, 6) is -2.89. The normalized spacial score (nSPS) is 20.3. The molecule has 1 amide bonds. The van der Waals surface area contributed by atoms with Crippen molar-refractivity contribution in [1.29, 1.82) is 0 Å². The van der Waals surface area contributed by atoms with E-state index in [1.165, 1.54) is 13.2 Å². The lowest BCUT2D eigenvalue weighted by molar-refractivity contribution is -0.120. The molecule has 5 nitrogen and oxygen atoms in total. The fraction of sp³-hybridized carbons (Fsp3) is 0.267. The molecule has 8 heteroatoms. The average Bonchev–Trinajstić information content (AvgIpc) is 3.09. The molecule has 2 aromatic rings. The van der Waals surface area contributed by atoms with Gasteiger partial charge in [-0.05, 0) is 43.2 Å². The maximum atomic E-state index is 13.8. The molecule has 0 saturated heterocycles. The molecule has 0 radical (unpaired) electrons. The lowest BCUT2D eigenvalue weighted by Gasteiger charge is -2.08. The number of hydrogen-bond donors (Lipinski definition) is 1. The molecule has 1 aromatic carbocycles. The Morgan fingerprint density at radius 3 is 2.70 bits per heavy atom. The van der Waals surface area contributed by atoms with E-state index in [0.29, 0.717) is 18.2 Å². The van der Waals surface area contributed by atoms with E-state index in [9.17, 15) is 22.0 Å². The summed E-state index contributed by atoms with van der Waals surface area (Å²) < 4.78 is 58.4. The summed E-state index contributed by atoms with van der Waals surface area (Å²) in [6.45, 7) is 1.31. The third kappa shape index (κ3) is 2.98. The van der Waals surface area contributed by atoms with E-state index in [4.69, 9.17) is 4.42 Å². The molecule has 1 heterocycles. The number of rotatable bonds is 4. The van der Waals surface area contributed by atoms with E-state index < -0.39 is 38.4 Å². The van der Waals surface area contributed by atoms with Crippen molar-refractivity contribution in [2.45, 2.75) is 24.2 Å². The molecule has 3 rings (SSSR count). The fourth-order valence-electron chi connectivity index (χ4n) is 2.40. The first kappa shape index (κ1) is 15.7. The van der Waals surface area contributed by atoms with Crippen LogP contribution in [-0.2, 0) is 14.8 Å². The molecular weight excluding hydrogens is 328 g/mol. The van der Waals surface area contributed by atoms with Crippen LogP contribution >= 0.6 is 0 Å². The van der Waals surface area contributed by atoms with Gasteiger partial charge in [0.15, 0.2) is 0 Å². The largest absolute Gasteiger partial charge is 0.469 e. The highest BCUT2D eigenvalue weighted by molar-refractivity contribution is 7.90. The number of carbonyl (C=O) groups excluding carboxylic acids is 1. The second kappa shape index (κ2) is 5.45. The number of aryl methyl sites for hydroxylation is 1. The lowest BCUT2D eigenvalue weighted by Crippen LogP contribution is -2.32. The van der Waals surface area contributed by atoms with E-state index >= 15 is 0 Å². The van der Waals surface area contributed by atoms with Gasteiger partial charge in [-0.25, -0.2) is 21.9 Å². The van der Waals surface area contributed by atoms with Crippen molar-refractivity contribution < 1.29 is 26.4 Å². The van der Waals surface area contributed by atoms with Crippen LogP contribution in [0.25, 0.3) is 0 Å². The van der Waals surface area contributed by atoms with Crippen molar-refractivity contribution in [1.82, 2.24) is 4.72 Å². The fourth-order valence-corrected chi connectivity index (χ4v) is 3.50. The highest BCUT2D eigenvalue weighted by Gasteiger charge is 2.47. The highest BCUT2D eigenvalue weighted by Crippen LogP contribution is 2.47. The molecule has 0 bridgehead atoms. The molecule has 1 fully saturated rings. The van der Waals surface area contributed by atoms with Crippen molar-refractivity contribution in [2.24, 2.45) is 5.92 Å². The van der Waals surface area contributed by atoms with Crippen LogP contribution in [0.5, 0.6) is 0 Å². The van der Waals surface area contributed by atoms with Gasteiger partial charge in [-0.3, -0.25) is 4.79 Å². The van der Waals surface area contributed by atoms with Gasteiger partial charge in [0.25, 0.3) is 10.0 Å². The molecular formula is C15H13F2NO4S. The van der Waals surface area contributed by atoms with E-state index in [1.807, 2.05) is 0 Å². The van der Waals surface area contributed by atoms with E-state index in [1.54, 1.807) is 16.9 Å². The van der Waals surface area contributed by atoms with Crippen LogP contribution in [0.3, 0.4) is 0 Å². The molecule has 1 aliphatic rings. The topological polar surface area (TPSA) is 76.4 Å². The number of halogens is 2.